The highest BCUT2D eigenvalue weighted by Crippen LogP contribution is 2.28. The lowest BCUT2D eigenvalue weighted by Crippen LogP contribution is -2.48. The van der Waals surface area contributed by atoms with Crippen LogP contribution in [0.2, 0.25) is 0 Å². The summed E-state index contributed by atoms with van der Waals surface area (Å²) in [7, 11) is 1.79. The monoisotopic (exact) mass is 368 g/mol. The molecule has 7 nitrogen and oxygen atoms in total. The first kappa shape index (κ1) is 20.8. The number of hydrogen-bond donors (Lipinski definition) is 3. The number of amides is 1. The van der Waals surface area contributed by atoms with E-state index in [1.54, 1.807) is 7.05 Å². The molecule has 1 amide bonds. The molecule has 2 aliphatic rings. The molecule has 0 spiro atoms. The normalized spacial score (nSPS) is 24.1. The number of alkyl carbamates (subject to hydrolysis) is 1. The Morgan fingerprint density at radius 3 is 2.19 bits per heavy atom. The summed E-state index contributed by atoms with van der Waals surface area (Å²) < 4.78 is 11.0. The minimum Gasteiger partial charge on any atom is -0.444 e. The maximum absolute atomic E-state index is 11.9. The van der Waals surface area contributed by atoms with E-state index in [-0.39, 0.29) is 12.1 Å². The van der Waals surface area contributed by atoms with Gasteiger partial charge in [0.05, 0.1) is 6.61 Å². The Balaban J connectivity index is 1.58. The van der Waals surface area contributed by atoms with Crippen LogP contribution in [0.5, 0.6) is 0 Å². The molecule has 0 saturated heterocycles. The Labute approximate surface area is 157 Å². The fourth-order valence-electron chi connectivity index (χ4n) is 3.02. The molecule has 0 unspecified atom stereocenters. The van der Waals surface area contributed by atoms with E-state index in [9.17, 15) is 4.79 Å². The van der Waals surface area contributed by atoms with E-state index >= 15 is 0 Å². The average Bonchev–Trinajstić information content (AvgIpc) is 3.37. The van der Waals surface area contributed by atoms with Crippen molar-refractivity contribution in [3.05, 3.63) is 0 Å². The van der Waals surface area contributed by atoms with Gasteiger partial charge in [-0.15, -0.1) is 0 Å². The number of carbonyl (C=O) groups excluding carboxylic acids is 1. The van der Waals surface area contributed by atoms with Gasteiger partial charge in [-0.25, -0.2) is 4.79 Å². The fraction of sp³-hybridized carbons (Fsp3) is 0.895. The first-order valence-electron chi connectivity index (χ1n) is 9.90. The van der Waals surface area contributed by atoms with Crippen LogP contribution < -0.4 is 16.0 Å². The van der Waals surface area contributed by atoms with E-state index in [0.717, 1.165) is 50.7 Å². The van der Waals surface area contributed by atoms with Crippen LogP contribution in [-0.4, -0.2) is 56.5 Å². The summed E-state index contributed by atoms with van der Waals surface area (Å²) in [5, 5.41) is 9.75. The molecule has 3 N–H and O–H groups in total. The number of rotatable bonds is 7. The van der Waals surface area contributed by atoms with Gasteiger partial charge in [-0.2, -0.15) is 0 Å². The molecule has 0 bridgehead atoms. The molecule has 0 aliphatic heterocycles. The van der Waals surface area contributed by atoms with Gasteiger partial charge >= 0.3 is 6.09 Å². The van der Waals surface area contributed by atoms with Gasteiger partial charge in [0.15, 0.2) is 5.96 Å². The molecule has 0 heterocycles. The Morgan fingerprint density at radius 2 is 1.65 bits per heavy atom. The maximum atomic E-state index is 11.9. The van der Waals surface area contributed by atoms with Crippen LogP contribution in [0, 0.1) is 5.92 Å². The Hall–Kier alpha value is -1.50. The van der Waals surface area contributed by atoms with Crippen molar-refractivity contribution in [2.45, 2.75) is 77.0 Å². The van der Waals surface area contributed by atoms with Crippen molar-refractivity contribution in [1.29, 1.82) is 0 Å². The lowest BCUT2D eigenvalue weighted by atomic mass is 9.91. The van der Waals surface area contributed by atoms with Crippen LogP contribution in [-0.2, 0) is 9.47 Å². The van der Waals surface area contributed by atoms with Crippen molar-refractivity contribution in [2.24, 2.45) is 10.9 Å². The van der Waals surface area contributed by atoms with Crippen LogP contribution >= 0.6 is 0 Å². The van der Waals surface area contributed by atoms with Crippen LogP contribution in [0.25, 0.3) is 0 Å². The first-order chi connectivity index (χ1) is 12.4. The van der Waals surface area contributed by atoms with Gasteiger partial charge in [0, 0.05) is 32.3 Å². The molecule has 26 heavy (non-hydrogen) atoms. The number of hydrogen-bond acceptors (Lipinski definition) is 4. The van der Waals surface area contributed by atoms with Crippen molar-refractivity contribution >= 4 is 12.1 Å². The van der Waals surface area contributed by atoms with E-state index in [1.165, 1.54) is 12.8 Å². The molecule has 0 aromatic carbocycles. The van der Waals surface area contributed by atoms with E-state index in [4.69, 9.17) is 9.47 Å². The van der Waals surface area contributed by atoms with E-state index in [1.807, 2.05) is 20.8 Å². The summed E-state index contributed by atoms with van der Waals surface area (Å²) in [6.45, 7) is 8.00. The van der Waals surface area contributed by atoms with Gasteiger partial charge in [-0.1, -0.05) is 0 Å². The number of aliphatic imine (C=N–C) groups is 1. The minimum atomic E-state index is -0.455. The number of nitrogens with zero attached hydrogens (tertiary/aromatic N) is 1. The lowest BCUT2D eigenvalue weighted by Gasteiger charge is -2.31. The molecule has 2 saturated carbocycles. The second kappa shape index (κ2) is 10.00. The van der Waals surface area contributed by atoms with Gasteiger partial charge in [0.1, 0.15) is 5.60 Å². The van der Waals surface area contributed by atoms with Gasteiger partial charge in [0.2, 0.25) is 0 Å². The smallest absolute Gasteiger partial charge is 0.407 e. The van der Waals surface area contributed by atoms with E-state index < -0.39 is 5.60 Å². The molecular formula is C19H36N4O3. The van der Waals surface area contributed by atoms with Gasteiger partial charge in [-0.05, 0) is 65.2 Å². The quantitative estimate of drug-likeness (QED) is 0.365. The van der Waals surface area contributed by atoms with Crippen molar-refractivity contribution in [1.82, 2.24) is 16.0 Å². The molecule has 2 rings (SSSR count). The summed E-state index contributed by atoms with van der Waals surface area (Å²) in [4.78, 5) is 16.1. The minimum absolute atomic E-state index is 0.189. The predicted molar refractivity (Wildman–Crippen MR) is 103 cm³/mol. The molecule has 2 aliphatic carbocycles. The molecular weight excluding hydrogens is 332 g/mol. The number of ether oxygens (including phenoxy) is 2. The van der Waals surface area contributed by atoms with Crippen LogP contribution in [0.15, 0.2) is 4.99 Å². The first-order valence-corrected chi connectivity index (χ1v) is 9.90. The zero-order valence-corrected chi connectivity index (χ0v) is 16.8. The third-order valence-corrected chi connectivity index (χ3v) is 4.60. The highest BCUT2D eigenvalue weighted by atomic mass is 16.6. The van der Waals surface area contributed by atoms with Crippen LogP contribution in [0.3, 0.4) is 0 Å². The second-order valence-corrected chi connectivity index (χ2v) is 8.36. The van der Waals surface area contributed by atoms with Crippen molar-refractivity contribution in [2.75, 3.05) is 26.8 Å². The molecule has 0 aromatic rings. The Bertz CT molecular complexity index is 464. The number of carbonyl (C=O) groups is 1. The number of guanidine groups is 1. The molecule has 0 radical (unpaired) electrons. The summed E-state index contributed by atoms with van der Waals surface area (Å²) in [6.07, 6.45) is 6.21. The zero-order valence-electron chi connectivity index (χ0n) is 16.8. The van der Waals surface area contributed by atoms with E-state index in [2.05, 4.69) is 20.9 Å². The largest absolute Gasteiger partial charge is 0.444 e. The Morgan fingerprint density at radius 1 is 1.04 bits per heavy atom. The molecule has 7 heteroatoms. The van der Waals surface area contributed by atoms with Crippen molar-refractivity contribution in [3.63, 3.8) is 0 Å². The lowest BCUT2D eigenvalue weighted by molar-refractivity contribution is 0.0490. The van der Waals surface area contributed by atoms with Gasteiger partial charge in [0.25, 0.3) is 0 Å². The summed E-state index contributed by atoms with van der Waals surface area (Å²) in [5.74, 6) is 1.63. The van der Waals surface area contributed by atoms with Crippen LogP contribution in [0.4, 0.5) is 4.79 Å². The van der Waals surface area contributed by atoms with Crippen LogP contribution in [0.1, 0.15) is 59.3 Å². The Kier molecular flexibility index (Phi) is 8.00. The topological polar surface area (TPSA) is 84.0 Å². The molecule has 150 valence electrons. The maximum Gasteiger partial charge on any atom is 0.407 e. The SMILES string of the molecule is CN=C(NCCOCC1CC1)NC1CCC(NC(=O)OC(C)(C)C)CC1. The fourth-order valence-corrected chi connectivity index (χ4v) is 3.02. The highest BCUT2D eigenvalue weighted by molar-refractivity contribution is 5.79. The third kappa shape index (κ3) is 8.74. The average molecular weight is 369 g/mol. The zero-order chi connectivity index (χ0) is 19.0. The van der Waals surface area contributed by atoms with Crippen molar-refractivity contribution in [3.8, 4) is 0 Å². The van der Waals surface area contributed by atoms with E-state index in [0.29, 0.717) is 12.6 Å². The summed E-state index contributed by atoms with van der Waals surface area (Å²) in [6, 6.07) is 0.568. The number of nitrogens with one attached hydrogen (secondary N) is 3. The highest BCUT2D eigenvalue weighted by Gasteiger charge is 2.25. The molecule has 2 fully saturated rings. The summed E-state index contributed by atoms with van der Waals surface area (Å²) >= 11 is 0. The van der Waals surface area contributed by atoms with Gasteiger partial charge < -0.3 is 25.4 Å². The predicted octanol–water partition coefficient (Wildman–Crippen LogP) is 2.41. The van der Waals surface area contributed by atoms with Crippen molar-refractivity contribution < 1.29 is 14.3 Å². The van der Waals surface area contributed by atoms with Gasteiger partial charge in [-0.3, -0.25) is 4.99 Å². The molecule has 0 aromatic heterocycles. The molecule has 0 atom stereocenters. The standard InChI is InChI=1S/C19H36N4O3/c1-19(2,3)26-18(24)23-16-9-7-15(8-10-16)22-17(20-4)21-11-12-25-13-14-5-6-14/h14-16H,5-13H2,1-4H3,(H,23,24)(H2,20,21,22). The summed E-state index contributed by atoms with van der Waals surface area (Å²) in [5.41, 5.74) is -0.455. The third-order valence-electron chi connectivity index (χ3n) is 4.60. The second-order valence-electron chi connectivity index (χ2n) is 8.36.